The van der Waals surface area contributed by atoms with Gasteiger partial charge in [-0.3, -0.25) is 23.2 Å². The molecule has 0 aromatic rings. The van der Waals surface area contributed by atoms with E-state index in [1.54, 1.807) is 6.08 Å². The van der Waals surface area contributed by atoms with Crippen molar-refractivity contribution >= 4 is 27.6 Å². The van der Waals surface area contributed by atoms with Crippen LogP contribution < -0.4 is 0 Å². The number of phosphoric ester groups is 2. The van der Waals surface area contributed by atoms with Gasteiger partial charge in [0.15, 0.2) is 6.10 Å². The van der Waals surface area contributed by atoms with Crippen molar-refractivity contribution in [3.63, 3.8) is 0 Å². The standard InChI is InChI=1S/C50H86O17P2/c1-3-5-7-9-11-12-13-14-15-16-17-18-19-20-21-22-23-25-29-34-38-44(53)65-42(39-63-43(52)37-33-30-26-28-32-36-41(51)35-31-27-24-10-8-6-4-2)40-64-69(61,62)67-50-47(56)45(54)46(55)49(48(50)57)66-68(58,59)60/h6,8,12-13,15-16,18-19,24,27,31,35,41-42,45-51,54-57H,3-5,7,9-11,14,17,20-23,25-26,28-30,32-34,36-40H2,1-2H3,(H,61,62)(H2,58,59,60)/b8-6+,13-12-,16-15-,19-18-,27-24+,35-31+/t41?,42-,45?,46?,47?,48?,49-,50+/m1/s1. The molecule has 1 rings (SSSR count). The van der Waals surface area contributed by atoms with E-state index in [2.05, 4.69) is 67.0 Å². The second-order valence-electron chi connectivity index (χ2n) is 17.3. The van der Waals surface area contributed by atoms with E-state index < -0.39 is 89.6 Å². The number of unbranched alkanes of at least 4 members (excludes halogenated alkanes) is 14. The number of carbonyl (C=O) groups excluding carboxylic acids is 2. The van der Waals surface area contributed by atoms with E-state index in [1.807, 2.05) is 18.2 Å². The fourth-order valence-corrected chi connectivity index (χ4v) is 8.76. The molecule has 9 atom stereocenters. The molecule has 0 spiro atoms. The minimum absolute atomic E-state index is 0.00563. The Morgan fingerprint density at radius 3 is 1.65 bits per heavy atom. The number of aliphatic hydroxyl groups excluding tert-OH is 5. The number of phosphoric acid groups is 2. The van der Waals surface area contributed by atoms with Crippen LogP contribution >= 0.6 is 15.6 Å². The normalized spacial score (nSPS) is 22.2. The van der Waals surface area contributed by atoms with Gasteiger partial charge in [0.05, 0.1) is 12.7 Å². The zero-order chi connectivity index (χ0) is 51.2. The van der Waals surface area contributed by atoms with Crippen LogP contribution in [0.1, 0.15) is 168 Å². The third-order valence-electron chi connectivity index (χ3n) is 11.1. The van der Waals surface area contributed by atoms with E-state index in [4.69, 9.17) is 18.5 Å². The van der Waals surface area contributed by atoms with Crippen LogP contribution in [0, 0.1) is 0 Å². The molecule has 17 nitrogen and oxygen atoms in total. The van der Waals surface area contributed by atoms with Gasteiger partial charge in [0, 0.05) is 12.8 Å². The molecule has 1 aliphatic carbocycles. The van der Waals surface area contributed by atoms with Crippen molar-refractivity contribution in [1.82, 2.24) is 0 Å². The lowest BCUT2D eigenvalue weighted by atomic mass is 9.85. The highest BCUT2D eigenvalue weighted by atomic mass is 31.2. The highest BCUT2D eigenvalue weighted by Crippen LogP contribution is 2.49. The van der Waals surface area contributed by atoms with Gasteiger partial charge >= 0.3 is 27.6 Å². The molecule has 0 aliphatic heterocycles. The highest BCUT2D eigenvalue weighted by molar-refractivity contribution is 7.47. The van der Waals surface area contributed by atoms with Gasteiger partial charge in [0.1, 0.15) is 43.2 Å². The molecule has 19 heteroatoms. The van der Waals surface area contributed by atoms with Gasteiger partial charge in [-0.25, -0.2) is 9.13 Å². The summed E-state index contributed by atoms with van der Waals surface area (Å²) in [5, 5.41) is 51.5. The molecular formula is C50H86O17P2. The maximum absolute atomic E-state index is 13.0. The molecule has 8 N–H and O–H groups in total. The molecular weight excluding hydrogens is 934 g/mol. The van der Waals surface area contributed by atoms with Crippen molar-refractivity contribution in [3.05, 3.63) is 72.9 Å². The monoisotopic (exact) mass is 1020 g/mol. The molecule has 1 fully saturated rings. The molecule has 0 saturated heterocycles. The number of hydrogen-bond donors (Lipinski definition) is 8. The zero-order valence-corrected chi connectivity index (χ0v) is 42.9. The lowest BCUT2D eigenvalue weighted by Gasteiger charge is -2.43. The number of esters is 2. The zero-order valence-electron chi connectivity index (χ0n) is 41.1. The van der Waals surface area contributed by atoms with Gasteiger partial charge < -0.3 is 49.7 Å². The van der Waals surface area contributed by atoms with E-state index in [0.717, 1.165) is 96.3 Å². The molecule has 69 heavy (non-hydrogen) atoms. The lowest BCUT2D eigenvalue weighted by molar-refractivity contribution is -0.216. The van der Waals surface area contributed by atoms with Gasteiger partial charge in [0.25, 0.3) is 0 Å². The summed E-state index contributed by atoms with van der Waals surface area (Å²) < 4.78 is 49.4. The van der Waals surface area contributed by atoms with Gasteiger partial charge in [-0.2, -0.15) is 0 Å². The minimum Gasteiger partial charge on any atom is -0.462 e. The van der Waals surface area contributed by atoms with Gasteiger partial charge in [-0.05, 0) is 70.6 Å². The summed E-state index contributed by atoms with van der Waals surface area (Å²) in [5.74, 6) is -1.30. The van der Waals surface area contributed by atoms with E-state index in [9.17, 15) is 58.9 Å². The predicted octanol–water partition coefficient (Wildman–Crippen LogP) is 8.98. The van der Waals surface area contributed by atoms with Crippen LogP contribution in [0.5, 0.6) is 0 Å². The van der Waals surface area contributed by atoms with Crippen LogP contribution in [0.3, 0.4) is 0 Å². The van der Waals surface area contributed by atoms with Crippen LogP contribution in [0.25, 0.3) is 0 Å². The third kappa shape index (κ3) is 34.4. The average Bonchev–Trinajstić information content (AvgIpc) is 3.30. The number of ether oxygens (including phenoxy) is 2. The molecule has 1 saturated carbocycles. The fourth-order valence-electron chi connectivity index (χ4n) is 7.22. The van der Waals surface area contributed by atoms with Crippen LogP contribution in [0.4, 0.5) is 0 Å². The second-order valence-corrected chi connectivity index (χ2v) is 19.9. The first-order valence-electron chi connectivity index (χ1n) is 25.1. The maximum atomic E-state index is 13.0. The third-order valence-corrected chi connectivity index (χ3v) is 12.6. The van der Waals surface area contributed by atoms with Crippen molar-refractivity contribution in [2.75, 3.05) is 13.2 Å². The molecule has 0 amide bonds. The van der Waals surface area contributed by atoms with Crippen molar-refractivity contribution < 1.29 is 82.0 Å². The van der Waals surface area contributed by atoms with E-state index in [-0.39, 0.29) is 12.8 Å². The molecule has 0 heterocycles. The van der Waals surface area contributed by atoms with Gasteiger partial charge in [0.2, 0.25) is 0 Å². The van der Waals surface area contributed by atoms with Crippen molar-refractivity contribution in [2.24, 2.45) is 0 Å². The largest absolute Gasteiger partial charge is 0.472 e. The van der Waals surface area contributed by atoms with Crippen LogP contribution in [0.2, 0.25) is 0 Å². The van der Waals surface area contributed by atoms with Crippen molar-refractivity contribution in [2.45, 2.75) is 217 Å². The summed E-state index contributed by atoms with van der Waals surface area (Å²) in [5.41, 5.74) is 0. The van der Waals surface area contributed by atoms with Crippen LogP contribution in [-0.2, 0) is 41.8 Å². The first-order chi connectivity index (χ1) is 33.0. The fraction of sp³-hybridized carbons (Fsp3) is 0.720. The number of carbonyl (C=O) groups is 2. The van der Waals surface area contributed by atoms with Crippen LogP contribution in [0.15, 0.2) is 72.9 Å². The molecule has 0 aromatic carbocycles. The Hall–Kier alpha value is -2.60. The van der Waals surface area contributed by atoms with E-state index >= 15 is 0 Å². The lowest BCUT2D eigenvalue weighted by Crippen LogP contribution is -2.64. The van der Waals surface area contributed by atoms with Gasteiger partial charge in [-0.1, -0.05) is 157 Å². The summed E-state index contributed by atoms with van der Waals surface area (Å²) >= 11 is 0. The molecule has 0 radical (unpaired) electrons. The summed E-state index contributed by atoms with van der Waals surface area (Å²) in [6.45, 7) is 2.87. The smallest absolute Gasteiger partial charge is 0.462 e. The summed E-state index contributed by atoms with van der Waals surface area (Å²) in [6, 6.07) is 0. The SMILES string of the molecule is CC/C=C/C/C=C/C=C/C(O)CCCCCCCC(=O)OC[C@H](COP(=O)(O)O[C@H]1C(O)C(O)C(O)[C@@H](OP(=O)(O)O)C1O)OC(=O)CCCCCCCC/C=C\C/C=C\C/C=C\CCCCCC. The Kier molecular flexibility index (Phi) is 37.3. The Balaban J connectivity index is 2.60. The summed E-state index contributed by atoms with van der Waals surface area (Å²) in [7, 11) is -10.7. The maximum Gasteiger partial charge on any atom is 0.472 e. The first-order valence-corrected chi connectivity index (χ1v) is 28.1. The molecule has 1 aliphatic rings. The molecule has 398 valence electrons. The number of rotatable bonds is 41. The van der Waals surface area contributed by atoms with E-state index in [1.165, 1.54) is 25.7 Å². The number of aliphatic hydroxyl groups is 5. The Morgan fingerprint density at radius 1 is 0.551 bits per heavy atom. The molecule has 0 bridgehead atoms. The quantitative estimate of drug-likeness (QED) is 0.00932. The molecule has 6 unspecified atom stereocenters. The first kappa shape index (κ1) is 64.4. The second kappa shape index (κ2) is 39.9. The predicted molar refractivity (Wildman–Crippen MR) is 265 cm³/mol. The Labute approximate surface area is 411 Å². The highest BCUT2D eigenvalue weighted by Gasteiger charge is 2.54. The topological polar surface area (TPSA) is 276 Å². The van der Waals surface area contributed by atoms with E-state index in [0.29, 0.717) is 19.3 Å². The number of hydrogen-bond acceptors (Lipinski definition) is 14. The van der Waals surface area contributed by atoms with Crippen molar-refractivity contribution in [3.8, 4) is 0 Å². The van der Waals surface area contributed by atoms with Gasteiger partial charge in [-0.15, -0.1) is 0 Å². The summed E-state index contributed by atoms with van der Waals surface area (Å²) in [4.78, 5) is 54.4. The Bertz CT molecular complexity index is 1630. The van der Waals surface area contributed by atoms with Crippen molar-refractivity contribution in [1.29, 1.82) is 0 Å². The number of allylic oxidation sites excluding steroid dienone is 11. The minimum atomic E-state index is -5.38. The average molecular weight is 1020 g/mol. The molecule has 0 aromatic heterocycles. The van der Waals surface area contributed by atoms with Crippen LogP contribution in [-0.4, -0.2) is 114 Å². The summed E-state index contributed by atoms with van der Waals surface area (Å²) in [6.07, 6.45) is 30.0. The Morgan fingerprint density at radius 2 is 1.06 bits per heavy atom.